The highest BCUT2D eigenvalue weighted by atomic mass is 19.4. The Hall–Kier alpha value is -7.82. The number of carboxylic acids is 1. The molecule has 0 aliphatic rings. The molecule has 0 aliphatic carbocycles. The molecule has 0 aliphatic heterocycles. The smallest absolute Gasteiger partial charge is 0.417 e. The molecule has 0 unspecified atom stereocenters. The maximum Gasteiger partial charge on any atom is 0.417 e. The van der Waals surface area contributed by atoms with Crippen LogP contribution >= 0.6 is 0 Å². The molecular formula is C38H25F18N13O2. The number of anilines is 2. The third kappa shape index (κ3) is 14.1. The fourth-order valence-corrected chi connectivity index (χ4v) is 6.13. The number of carboxylic acid groups (broad SMARTS) is 1. The second-order valence-electron chi connectivity index (χ2n) is 14.6. The number of tetrazole rings is 2. The zero-order valence-corrected chi connectivity index (χ0v) is 35.1. The fraction of sp³-hybridized carbons (Fsp3) is 0.316. The fourth-order valence-electron chi connectivity index (χ4n) is 6.13. The Morgan fingerprint density at radius 1 is 0.521 bits per heavy atom. The third-order valence-corrected chi connectivity index (χ3v) is 9.22. The van der Waals surface area contributed by atoms with Gasteiger partial charge in [-0.25, -0.2) is 14.8 Å². The molecule has 15 nitrogen and oxygen atoms in total. The van der Waals surface area contributed by atoms with Gasteiger partial charge in [-0.2, -0.15) is 93.9 Å². The normalized spacial score (nSPS) is 12.5. The Morgan fingerprint density at radius 2 is 0.859 bits per heavy atom. The highest BCUT2D eigenvalue weighted by Gasteiger charge is 2.40. The number of halogens is 18. The number of hydrogen-bond acceptors (Lipinski definition) is 12. The molecule has 6 rings (SSSR count). The number of pyridine rings is 2. The van der Waals surface area contributed by atoms with Crippen LogP contribution in [0.5, 0.6) is 0 Å². The Morgan fingerprint density at radius 3 is 1.17 bits per heavy atom. The molecule has 4 heterocycles. The molecule has 33 heteroatoms. The summed E-state index contributed by atoms with van der Waals surface area (Å²) in [7, 11) is 2.59. The molecule has 6 aromatic rings. The van der Waals surface area contributed by atoms with Crippen LogP contribution in [-0.2, 0) is 77.3 Å². The first-order valence-electron chi connectivity index (χ1n) is 18.8. The van der Waals surface area contributed by atoms with Crippen LogP contribution in [0.2, 0.25) is 0 Å². The van der Waals surface area contributed by atoms with E-state index in [4.69, 9.17) is 0 Å². The van der Waals surface area contributed by atoms with Crippen molar-refractivity contribution in [3.63, 3.8) is 0 Å². The molecule has 2 aromatic carbocycles. The Bertz CT molecular complexity index is 2850. The lowest BCUT2D eigenvalue weighted by Gasteiger charge is -2.23. The summed E-state index contributed by atoms with van der Waals surface area (Å²) >= 11 is 0. The lowest BCUT2D eigenvalue weighted by molar-refractivity contribution is -0.144. The first kappa shape index (κ1) is 54.1. The average molecular weight is 1040 g/mol. The van der Waals surface area contributed by atoms with Gasteiger partial charge in [-0.15, -0.1) is 10.2 Å². The molecular weight excluding hydrogens is 1010 g/mol. The van der Waals surface area contributed by atoms with Crippen LogP contribution in [0.1, 0.15) is 71.8 Å². The molecule has 0 fully saturated rings. The first-order valence-corrected chi connectivity index (χ1v) is 18.8. The summed E-state index contributed by atoms with van der Waals surface area (Å²) in [5, 5.41) is 40.4. The van der Waals surface area contributed by atoms with Gasteiger partial charge >= 0.3 is 43.0 Å². The number of nitriles is 1. The standard InChI is InChI=1S/C19H12F9N7.C19H13F9N6O2/c1-34-32-16(31-33-34)35(9-11-4-14(19(26,27)28)7-30-15(11)6-29)8-10-2-12(17(20,21)22)5-13(3-10)18(23,24)25;1-33-31-16(30-32-33)34(8-10-4-13(19(26,27)28)6-29-14(10)15(35)36)7-9-2-11(17(20,21)22)5-12(3-9)18(23,24)25/h2-5,7H,8-9H2,1H3;2-6H,7-8H2,1H3,(H,35,36). The number of hydrogen-bond donors (Lipinski definition) is 1. The van der Waals surface area contributed by atoms with E-state index in [1.165, 1.54) is 14.1 Å². The number of carbonyl (C=O) groups is 1. The maximum atomic E-state index is 13.2. The minimum absolute atomic E-state index is 0.0566. The summed E-state index contributed by atoms with van der Waals surface area (Å²) in [6, 6.07) is 4.27. The molecule has 0 bridgehead atoms. The van der Waals surface area contributed by atoms with Crippen LogP contribution < -0.4 is 9.80 Å². The quantitative estimate of drug-likeness (QED) is 0.121. The predicted octanol–water partition coefficient (Wildman–Crippen LogP) is 9.31. The number of aromatic nitrogens is 10. The SMILES string of the molecule is Cn1nnc(N(Cc2cc(C(F)(F)F)cc(C(F)(F)F)c2)Cc2cc(C(F)(F)F)cnc2C#N)n1.Cn1nnc(N(Cc2cc(C(F)(F)F)cc(C(F)(F)F)c2)Cc2cc(C(F)(F)F)cnc2C(=O)O)n1. The summed E-state index contributed by atoms with van der Waals surface area (Å²) in [5.74, 6) is -2.44. The minimum Gasteiger partial charge on any atom is -0.477 e. The molecule has 0 amide bonds. The van der Waals surface area contributed by atoms with Crippen LogP contribution in [0, 0.1) is 11.3 Å². The highest BCUT2D eigenvalue weighted by molar-refractivity contribution is 5.87. The summed E-state index contributed by atoms with van der Waals surface area (Å²) in [6.45, 7) is -2.86. The summed E-state index contributed by atoms with van der Waals surface area (Å²) < 4.78 is 238. The van der Waals surface area contributed by atoms with Crippen molar-refractivity contribution in [2.45, 2.75) is 63.2 Å². The molecule has 71 heavy (non-hydrogen) atoms. The summed E-state index contributed by atoms with van der Waals surface area (Å²) in [4.78, 5) is 21.9. The first-order chi connectivity index (χ1) is 32.5. The summed E-state index contributed by atoms with van der Waals surface area (Å²) in [6.07, 6.45) is -29.5. The van der Waals surface area contributed by atoms with Gasteiger partial charge in [0, 0.05) is 49.7 Å². The van der Waals surface area contributed by atoms with E-state index in [0.717, 1.165) is 19.4 Å². The van der Waals surface area contributed by atoms with Gasteiger partial charge in [0.2, 0.25) is 0 Å². The lowest BCUT2D eigenvalue weighted by Crippen LogP contribution is -2.26. The van der Waals surface area contributed by atoms with Crippen molar-refractivity contribution in [3.05, 3.63) is 128 Å². The van der Waals surface area contributed by atoms with Gasteiger partial charge in [0.05, 0.1) is 47.5 Å². The van der Waals surface area contributed by atoms with Crippen molar-refractivity contribution < 1.29 is 88.9 Å². The number of rotatable bonds is 11. The van der Waals surface area contributed by atoms with Crippen molar-refractivity contribution in [3.8, 4) is 6.07 Å². The van der Waals surface area contributed by atoms with Gasteiger partial charge in [-0.3, -0.25) is 0 Å². The van der Waals surface area contributed by atoms with E-state index in [2.05, 4.69) is 40.8 Å². The van der Waals surface area contributed by atoms with E-state index in [-0.39, 0.29) is 29.8 Å². The molecule has 380 valence electrons. The van der Waals surface area contributed by atoms with Gasteiger partial charge < -0.3 is 14.9 Å². The number of aromatic carboxylic acids is 1. The van der Waals surface area contributed by atoms with Gasteiger partial charge in [-0.1, -0.05) is 10.2 Å². The zero-order valence-electron chi connectivity index (χ0n) is 35.1. The van der Waals surface area contributed by atoms with Crippen molar-refractivity contribution in [1.82, 2.24) is 50.4 Å². The van der Waals surface area contributed by atoms with Gasteiger partial charge in [0.15, 0.2) is 5.69 Å². The molecule has 0 spiro atoms. The molecule has 0 saturated carbocycles. The van der Waals surface area contributed by atoms with Crippen molar-refractivity contribution >= 4 is 17.9 Å². The van der Waals surface area contributed by atoms with Gasteiger partial charge in [-0.05, 0) is 70.1 Å². The number of nitrogens with zero attached hydrogens (tertiary/aromatic N) is 13. The third-order valence-electron chi connectivity index (χ3n) is 9.22. The van der Waals surface area contributed by atoms with E-state index in [1.54, 1.807) is 6.07 Å². The molecule has 0 saturated heterocycles. The second kappa shape index (κ2) is 19.9. The van der Waals surface area contributed by atoms with Crippen LogP contribution in [0.15, 0.2) is 60.9 Å². The Balaban J connectivity index is 0.000000264. The number of aryl methyl sites for hydroxylation is 2. The van der Waals surface area contributed by atoms with Crippen molar-refractivity contribution in [2.75, 3.05) is 9.80 Å². The van der Waals surface area contributed by atoms with Crippen LogP contribution in [0.4, 0.5) is 90.9 Å². The molecule has 0 radical (unpaired) electrons. The van der Waals surface area contributed by atoms with E-state index in [1.807, 2.05) is 0 Å². The highest BCUT2D eigenvalue weighted by Crippen LogP contribution is 2.39. The van der Waals surface area contributed by atoms with E-state index in [0.29, 0.717) is 42.6 Å². The lowest BCUT2D eigenvalue weighted by atomic mass is 10.0. The van der Waals surface area contributed by atoms with E-state index < -0.39 is 137 Å². The minimum atomic E-state index is -5.15. The maximum absolute atomic E-state index is 13.2. The van der Waals surface area contributed by atoms with E-state index >= 15 is 0 Å². The van der Waals surface area contributed by atoms with Crippen LogP contribution in [-0.4, -0.2) is 61.5 Å². The monoisotopic (exact) mass is 1040 g/mol. The summed E-state index contributed by atoms with van der Waals surface area (Å²) in [5.41, 5.74) is -12.1. The predicted molar refractivity (Wildman–Crippen MR) is 200 cm³/mol. The van der Waals surface area contributed by atoms with Crippen LogP contribution in [0.3, 0.4) is 0 Å². The number of alkyl halides is 18. The topological polar surface area (TPSA) is 181 Å². The molecule has 4 aromatic heterocycles. The second-order valence-corrected chi connectivity index (χ2v) is 14.6. The average Bonchev–Trinajstić information content (AvgIpc) is 3.89. The Kier molecular flexibility index (Phi) is 15.2. The zero-order chi connectivity index (χ0) is 53.2. The van der Waals surface area contributed by atoms with Crippen molar-refractivity contribution in [1.29, 1.82) is 5.26 Å². The van der Waals surface area contributed by atoms with Crippen molar-refractivity contribution in [2.24, 2.45) is 14.1 Å². The molecule has 0 atom stereocenters. The molecule has 1 N–H and O–H groups in total. The Labute approximate surface area is 383 Å². The number of benzene rings is 2. The van der Waals surface area contributed by atoms with Gasteiger partial charge in [0.25, 0.3) is 11.9 Å². The largest absolute Gasteiger partial charge is 0.477 e. The van der Waals surface area contributed by atoms with E-state index in [9.17, 15) is 94.2 Å². The van der Waals surface area contributed by atoms with Crippen LogP contribution in [0.25, 0.3) is 0 Å². The van der Waals surface area contributed by atoms with Gasteiger partial charge in [0.1, 0.15) is 11.8 Å².